The van der Waals surface area contributed by atoms with Gasteiger partial charge in [-0.25, -0.2) is 0 Å². The number of hydrogen-bond donors (Lipinski definition) is 0. The molecule has 0 N–H and O–H groups in total. The fraction of sp³-hybridized carbons (Fsp3) is 0.973. The molecule has 1 aliphatic rings. The number of nitrogens with zero attached hydrogens (tertiary/aromatic N) is 1. The third-order valence-electron chi connectivity index (χ3n) is 7.52. The molecule has 9 unspecified atom stereocenters. The van der Waals surface area contributed by atoms with Crippen LogP contribution in [-0.2, 0) is 49.7 Å². The predicted octanol–water partition coefficient (Wildman–Crippen LogP) is 9.75. The summed E-state index contributed by atoms with van der Waals surface area (Å²) in [6.07, 6.45) is -3.83. The van der Waals surface area contributed by atoms with Gasteiger partial charge in [-0.1, -0.05) is 5.16 Å². The minimum Gasteiger partial charge on any atom is -0.415 e. The van der Waals surface area contributed by atoms with Crippen LogP contribution in [0.3, 0.4) is 0 Å². The molecular weight excluding hydrogens is 859 g/mol. The van der Waals surface area contributed by atoms with E-state index >= 15 is 0 Å². The SMILES string of the molecule is CO/N=C\C(O[Si](C)(C)C)C(O[Si](C)(C)C)C(OC1OC(CO[Si](C)(C)C)C(O[Si](C)(C)C)C(O[Si](C)(C)C)C1O[Si](C)(C)C)C(CO[Si](C)(C)C)O[Si](C)(C)C. The molecule has 1 saturated heterocycles. The summed E-state index contributed by atoms with van der Waals surface area (Å²) in [4.78, 5) is 5.28. The first kappa shape index (κ1) is 55.8. The van der Waals surface area contributed by atoms with Crippen molar-refractivity contribution in [3.05, 3.63) is 0 Å². The number of rotatable bonds is 25. The van der Waals surface area contributed by atoms with Gasteiger partial charge in [-0.15, -0.1) is 0 Å². The molecule has 0 aromatic carbocycles. The Morgan fingerprint density at radius 1 is 0.491 bits per heavy atom. The summed E-state index contributed by atoms with van der Waals surface area (Å²) in [5.41, 5.74) is 0. The van der Waals surface area contributed by atoms with Crippen molar-refractivity contribution in [2.24, 2.45) is 5.16 Å². The lowest BCUT2D eigenvalue weighted by atomic mass is 9.98. The normalized spacial score (nSPS) is 24.8. The van der Waals surface area contributed by atoms with Crippen LogP contribution < -0.4 is 0 Å². The van der Waals surface area contributed by atoms with Gasteiger partial charge >= 0.3 is 0 Å². The van der Waals surface area contributed by atoms with E-state index in [-0.39, 0.29) is 0 Å². The van der Waals surface area contributed by atoms with Crippen molar-refractivity contribution in [1.82, 2.24) is 0 Å². The summed E-state index contributed by atoms with van der Waals surface area (Å²) < 4.78 is 71.0. The molecule has 0 spiro atoms. The van der Waals surface area contributed by atoms with Gasteiger partial charge in [-0.2, -0.15) is 0 Å². The topological polar surface area (TPSA) is 114 Å². The van der Waals surface area contributed by atoms with Gasteiger partial charge in [0.1, 0.15) is 49.8 Å². The number of oxime groups is 1. The first-order valence-corrected chi connectivity index (χ1v) is 48.2. The Morgan fingerprint density at radius 2 is 0.930 bits per heavy atom. The molecule has 340 valence electrons. The molecule has 9 atom stereocenters. The van der Waals surface area contributed by atoms with Crippen molar-refractivity contribution in [3.8, 4) is 0 Å². The second-order valence-electron chi connectivity index (χ2n) is 23.2. The Balaban J connectivity index is 4.39. The van der Waals surface area contributed by atoms with E-state index in [2.05, 4.69) is 162 Å². The van der Waals surface area contributed by atoms with Crippen molar-refractivity contribution >= 4 is 72.8 Å². The zero-order chi connectivity index (χ0) is 44.8. The van der Waals surface area contributed by atoms with Crippen LogP contribution in [0.2, 0.25) is 157 Å². The molecule has 1 fully saturated rings. The van der Waals surface area contributed by atoms with Crippen LogP contribution in [-0.4, -0.2) is 148 Å². The molecular formula is C37H89NO11Si8. The molecule has 20 heteroatoms. The second kappa shape index (κ2) is 21.5. The van der Waals surface area contributed by atoms with E-state index < -0.39 is 122 Å². The van der Waals surface area contributed by atoms with Crippen LogP contribution in [0.1, 0.15) is 0 Å². The van der Waals surface area contributed by atoms with Gasteiger partial charge in [0, 0.05) is 0 Å². The summed E-state index contributed by atoms with van der Waals surface area (Å²) in [5.74, 6) is 0. The smallest absolute Gasteiger partial charge is 0.186 e. The van der Waals surface area contributed by atoms with Gasteiger partial charge in [0.15, 0.2) is 72.8 Å². The second-order valence-corrected chi connectivity index (χ2v) is 59.0. The summed E-state index contributed by atoms with van der Waals surface area (Å²) in [7, 11) is -15.9. The fourth-order valence-corrected chi connectivity index (χ4v) is 13.8. The quantitative estimate of drug-likeness (QED) is 0.0495. The van der Waals surface area contributed by atoms with E-state index in [1.165, 1.54) is 7.11 Å². The number of hydrogen-bond acceptors (Lipinski definition) is 12. The average Bonchev–Trinajstić information content (AvgIpc) is 2.92. The minimum atomic E-state index is -2.31. The van der Waals surface area contributed by atoms with E-state index in [9.17, 15) is 0 Å². The van der Waals surface area contributed by atoms with Gasteiger partial charge in [-0.05, 0) is 157 Å². The van der Waals surface area contributed by atoms with Crippen LogP contribution in [0.15, 0.2) is 5.16 Å². The van der Waals surface area contributed by atoms with E-state index in [1.807, 2.05) is 0 Å². The van der Waals surface area contributed by atoms with Gasteiger partial charge in [-0.3, -0.25) is 0 Å². The molecule has 0 aliphatic carbocycles. The maximum atomic E-state index is 7.58. The Bertz CT molecular complexity index is 1210. The van der Waals surface area contributed by atoms with Crippen molar-refractivity contribution < 1.29 is 49.7 Å². The Kier molecular flexibility index (Phi) is 21.0. The maximum absolute atomic E-state index is 7.58. The molecule has 12 nitrogen and oxygen atoms in total. The van der Waals surface area contributed by atoms with E-state index in [0.717, 1.165) is 0 Å². The summed E-state index contributed by atoms with van der Waals surface area (Å²) in [6.45, 7) is 53.2. The van der Waals surface area contributed by atoms with Crippen molar-refractivity contribution in [1.29, 1.82) is 0 Å². The van der Waals surface area contributed by atoms with Gasteiger partial charge in [0.05, 0.1) is 25.5 Å². The predicted molar refractivity (Wildman–Crippen MR) is 257 cm³/mol. The van der Waals surface area contributed by atoms with Crippen LogP contribution in [0, 0.1) is 0 Å². The van der Waals surface area contributed by atoms with Crippen molar-refractivity contribution in [3.63, 3.8) is 0 Å². The molecule has 0 radical (unpaired) electrons. The maximum Gasteiger partial charge on any atom is 0.186 e. The third kappa shape index (κ3) is 24.9. The molecule has 57 heavy (non-hydrogen) atoms. The summed E-state index contributed by atoms with van der Waals surface area (Å²) >= 11 is 0. The van der Waals surface area contributed by atoms with E-state index in [4.69, 9.17) is 49.7 Å². The number of ether oxygens (including phenoxy) is 2. The molecule has 0 bridgehead atoms. The zero-order valence-corrected chi connectivity index (χ0v) is 49.1. The van der Waals surface area contributed by atoms with Crippen molar-refractivity contribution in [2.45, 2.75) is 212 Å². The molecule has 1 aliphatic heterocycles. The molecule has 1 rings (SSSR count). The third-order valence-corrected chi connectivity index (χ3v) is 15.5. The van der Waals surface area contributed by atoms with Crippen LogP contribution in [0.4, 0.5) is 0 Å². The highest BCUT2D eigenvalue weighted by Gasteiger charge is 2.55. The summed E-state index contributed by atoms with van der Waals surface area (Å²) in [5, 5.41) is 4.28. The van der Waals surface area contributed by atoms with Gasteiger partial charge in [0.2, 0.25) is 0 Å². The van der Waals surface area contributed by atoms with Gasteiger partial charge < -0.3 is 49.7 Å². The first-order valence-electron chi connectivity index (χ1n) is 20.9. The Labute approximate surface area is 358 Å². The Hall–Kier alpha value is 0.805. The zero-order valence-electron chi connectivity index (χ0n) is 41.1. The standard InChI is InChI=1S/C37H89NO11Si8/c1-39-38-26-29(44-52(8,9)10)33(46-54(14,15)16)32(31(45-53(11,12)13)28-41-51(5,6)7)43-37-36(49-57(23,24)25)35(48-56(20,21)22)34(47-55(17,18)19)30(42-37)27-40-50(2,3)4/h26,29-37H,27-28H2,1-25H3/b38-26-. The monoisotopic (exact) mass is 947 g/mol. The molecule has 1 heterocycles. The highest BCUT2D eigenvalue weighted by atomic mass is 28.4. The Morgan fingerprint density at radius 3 is 1.33 bits per heavy atom. The molecule has 0 saturated carbocycles. The molecule has 0 aromatic heterocycles. The van der Waals surface area contributed by atoms with Crippen LogP contribution in [0.5, 0.6) is 0 Å². The lowest BCUT2D eigenvalue weighted by Crippen LogP contribution is -2.68. The van der Waals surface area contributed by atoms with E-state index in [0.29, 0.717) is 13.2 Å². The fourth-order valence-electron chi connectivity index (χ4n) is 6.04. The lowest BCUT2D eigenvalue weighted by molar-refractivity contribution is -0.316. The molecule has 0 amide bonds. The lowest BCUT2D eigenvalue weighted by Gasteiger charge is -2.52. The van der Waals surface area contributed by atoms with Gasteiger partial charge in [0.25, 0.3) is 0 Å². The minimum absolute atomic E-state index is 0.307. The summed E-state index contributed by atoms with van der Waals surface area (Å²) in [6, 6.07) is 0. The first-order chi connectivity index (χ1) is 25.2. The highest BCUT2D eigenvalue weighted by Crippen LogP contribution is 2.37. The van der Waals surface area contributed by atoms with E-state index in [1.54, 1.807) is 6.21 Å². The van der Waals surface area contributed by atoms with Crippen molar-refractivity contribution in [2.75, 3.05) is 20.3 Å². The van der Waals surface area contributed by atoms with Crippen LogP contribution >= 0.6 is 0 Å². The largest absolute Gasteiger partial charge is 0.415 e. The molecule has 0 aromatic rings. The van der Waals surface area contributed by atoms with Crippen LogP contribution in [0.25, 0.3) is 0 Å². The average molecular weight is 949 g/mol. The highest BCUT2D eigenvalue weighted by molar-refractivity contribution is 6.72.